The Labute approximate surface area is 109 Å². The van der Waals surface area contributed by atoms with Crippen LogP contribution in [0.5, 0.6) is 5.88 Å². The average Bonchev–Trinajstić information content (AvgIpc) is 2.75. The molecule has 0 aromatic carbocycles. The van der Waals surface area contributed by atoms with Gasteiger partial charge in [-0.1, -0.05) is 6.07 Å². The number of ether oxygens (including phenoxy) is 1. The number of pyridine rings is 1. The third kappa shape index (κ3) is 3.24. The van der Waals surface area contributed by atoms with E-state index in [2.05, 4.69) is 25.9 Å². The number of halogens is 1. The maximum absolute atomic E-state index is 10.6. The molecule has 88 valence electrons. The lowest BCUT2D eigenvalue weighted by atomic mass is 10.5. The van der Waals surface area contributed by atoms with Crippen LogP contribution in [0.4, 0.5) is 0 Å². The molecule has 0 spiro atoms. The van der Waals surface area contributed by atoms with Crippen LogP contribution in [0.2, 0.25) is 0 Å². The molecule has 0 bridgehead atoms. The van der Waals surface area contributed by atoms with Gasteiger partial charge in [0.25, 0.3) is 0 Å². The average molecular weight is 315 g/mol. The van der Waals surface area contributed by atoms with Crippen molar-refractivity contribution in [3.63, 3.8) is 0 Å². The van der Waals surface area contributed by atoms with Crippen LogP contribution in [-0.2, 0) is 6.61 Å². The number of thiazole rings is 1. The molecular weight excluding hydrogens is 308 g/mol. The van der Waals surface area contributed by atoms with E-state index in [0.29, 0.717) is 15.5 Å². The highest BCUT2D eigenvalue weighted by atomic mass is 79.9. The van der Waals surface area contributed by atoms with Crippen molar-refractivity contribution in [2.45, 2.75) is 6.61 Å². The fourth-order valence-corrected chi connectivity index (χ4v) is 2.09. The molecule has 2 rings (SSSR count). The van der Waals surface area contributed by atoms with Crippen molar-refractivity contribution in [1.82, 2.24) is 9.97 Å². The molecule has 0 aliphatic heterocycles. The van der Waals surface area contributed by atoms with Gasteiger partial charge in [0.1, 0.15) is 16.2 Å². The molecule has 0 unspecified atom stereocenters. The fraction of sp³-hybridized carbons (Fsp3) is 0.100. The molecule has 0 radical (unpaired) electrons. The van der Waals surface area contributed by atoms with Gasteiger partial charge in [0.2, 0.25) is 5.88 Å². The van der Waals surface area contributed by atoms with E-state index in [1.807, 2.05) is 0 Å². The van der Waals surface area contributed by atoms with Gasteiger partial charge in [-0.2, -0.15) is 0 Å². The molecular formula is C10H7BrN2O3S. The summed E-state index contributed by atoms with van der Waals surface area (Å²) in [6.07, 6.45) is 0. The molecule has 1 N–H and O–H groups in total. The fourth-order valence-electron chi connectivity index (χ4n) is 1.08. The van der Waals surface area contributed by atoms with Crippen molar-refractivity contribution in [3.8, 4) is 5.88 Å². The van der Waals surface area contributed by atoms with Crippen molar-refractivity contribution in [1.29, 1.82) is 0 Å². The SMILES string of the molecule is O=C(O)c1csc(COc2cccc(Br)n2)n1. The van der Waals surface area contributed by atoms with Crippen LogP contribution in [0.3, 0.4) is 0 Å². The van der Waals surface area contributed by atoms with Gasteiger partial charge in [0.05, 0.1) is 0 Å². The zero-order valence-electron chi connectivity index (χ0n) is 8.46. The smallest absolute Gasteiger partial charge is 0.355 e. The molecule has 17 heavy (non-hydrogen) atoms. The Hall–Kier alpha value is -1.47. The van der Waals surface area contributed by atoms with Crippen LogP contribution in [0.15, 0.2) is 28.2 Å². The highest BCUT2D eigenvalue weighted by molar-refractivity contribution is 9.10. The first kappa shape index (κ1) is 12.0. The van der Waals surface area contributed by atoms with Crippen molar-refractivity contribution in [2.75, 3.05) is 0 Å². The minimum absolute atomic E-state index is 0.0378. The Morgan fingerprint density at radius 1 is 1.47 bits per heavy atom. The topological polar surface area (TPSA) is 72.3 Å². The molecule has 0 atom stereocenters. The summed E-state index contributed by atoms with van der Waals surface area (Å²) < 4.78 is 6.06. The number of aromatic nitrogens is 2. The predicted molar refractivity (Wildman–Crippen MR) is 65.3 cm³/mol. The van der Waals surface area contributed by atoms with Crippen molar-refractivity contribution < 1.29 is 14.6 Å². The molecule has 2 aromatic heterocycles. The minimum Gasteiger partial charge on any atom is -0.476 e. The highest BCUT2D eigenvalue weighted by Crippen LogP contribution is 2.15. The van der Waals surface area contributed by atoms with Gasteiger partial charge in [-0.05, 0) is 22.0 Å². The first-order valence-corrected chi connectivity index (χ1v) is 6.25. The summed E-state index contributed by atoms with van der Waals surface area (Å²) in [4.78, 5) is 18.6. The molecule has 0 saturated heterocycles. The van der Waals surface area contributed by atoms with Gasteiger partial charge in [-0.3, -0.25) is 0 Å². The summed E-state index contributed by atoms with van der Waals surface area (Å²) in [6, 6.07) is 5.31. The van der Waals surface area contributed by atoms with Gasteiger partial charge >= 0.3 is 5.97 Å². The molecule has 2 heterocycles. The van der Waals surface area contributed by atoms with Gasteiger partial charge in [0, 0.05) is 11.4 Å². The maximum Gasteiger partial charge on any atom is 0.355 e. The van der Waals surface area contributed by atoms with E-state index in [1.165, 1.54) is 16.7 Å². The quantitative estimate of drug-likeness (QED) is 0.878. The van der Waals surface area contributed by atoms with E-state index < -0.39 is 5.97 Å². The van der Waals surface area contributed by atoms with E-state index in [9.17, 15) is 4.79 Å². The molecule has 0 aliphatic rings. The lowest BCUT2D eigenvalue weighted by Gasteiger charge is -2.02. The first-order chi connectivity index (χ1) is 8.15. The Morgan fingerprint density at radius 3 is 2.94 bits per heavy atom. The van der Waals surface area contributed by atoms with Gasteiger partial charge in [-0.25, -0.2) is 14.8 Å². The summed E-state index contributed by atoms with van der Waals surface area (Å²) in [5, 5.41) is 10.8. The number of nitrogens with zero attached hydrogens (tertiary/aromatic N) is 2. The molecule has 2 aromatic rings. The van der Waals surface area contributed by atoms with Crippen LogP contribution in [0.1, 0.15) is 15.5 Å². The van der Waals surface area contributed by atoms with Crippen molar-refractivity contribution >= 4 is 33.2 Å². The Kier molecular flexibility index (Phi) is 3.70. The summed E-state index contributed by atoms with van der Waals surface area (Å²) >= 11 is 4.47. The number of aromatic carboxylic acids is 1. The second kappa shape index (κ2) is 5.24. The van der Waals surface area contributed by atoms with E-state index in [4.69, 9.17) is 9.84 Å². The number of carbonyl (C=O) groups is 1. The molecule has 0 amide bonds. The zero-order valence-corrected chi connectivity index (χ0v) is 10.9. The number of rotatable bonds is 4. The van der Waals surface area contributed by atoms with Crippen LogP contribution >= 0.6 is 27.3 Å². The number of carboxylic acids is 1. The van der Waals surface area contributed by atoms with Crippen LogP contribution in [0.25, 0.3) is 0 Å². The summed E-state index contributed by atoms with van der Waals surface area (Å²) in [5.74, 6) is -0.570. The second-order valence-corrected chi connectivity index (χ2v) is 4.77. The zero-order chi connectivity index (χ0) is 12.3. The van der Waals surface area contributed by atoms with Gasteiger partial charge in [-0.15, -0.1) is 11.3 Å². The normalized spacial score (nSPS) is 10.2. The van der Waals surface area contributed by atoms with E-state index >= 15 is 0 Å². The third-order valence-electron chi connectivity index (χ3n) is 1.80. The van der Waals surface area contributed by atoms with E-state index in [1.54, 1.807) is 18.2 Å². The van der Waals surface area contributed by atoms with Crippen molar-refractivity contribution in [2.24, 2.45) is 0 Å². The largest absolute Gasteiger partial charge is 0.476 e. The molecule has 0 saturated carbocycles. The lowest BCUT2D eigenvalue weighted by molar-refractivity contribution is 0.0691. The van der Waals surface area contributed by atoms with Crippen molar-refractivity contribution in [3.05, 3.63) is 38.9 Å². The Morgan fingerprint density at radius 2 is 2.29 bits per heavy atom. The molecule has 0 fully saturated rings. The number of hydrogen-bond acceptors (Lipinski definition) is 5. The predicted octanol–water partition coefficient (Wildman–Crippen LogP) is 2.58. The molecule has 5 nitrogen and oxygen atoms in total. The van der Waals surface area contributed by atoms with Crippen LogP contribution in [0, 0.1) is 0 Å². The van der Waals surface area contributed by atoms with E-state index in [0.717, 1.165) is 0 Å². The standard InChI is InChI=1S/C10H7BrN2O3S/c11-7-2-1-3-8(13-7)16-4-9-12-6(5-17-9)10(14)15/h1-3,5H,4H2,(H,14,15). The summed E-state index contributed by atoms with van der Waals surface area (Å²) in [7, 11) is 0. The van der Waals surface area contributed by atoms with Crippen LogP contribution < -0.4 is 4.74 Å². The summed E-state index contributed by atoms with van der Waals surface area (Å²) in [6.45, 7) is 0.210. The monoisotopic (exact) mass is 314 g/mol. The highest BCUT2D eigenvalue weighted by Gasteiger charge is 2.09. The summed E-state index contributed by atoms with van der Waals surface area (Å²) in [5.41, 5.74) is 0.0378. The van der Waals surface area contributed by atoms with Crippen LogP contribution in [-0.4, -0.2) is 21.0 Å². The Balaban J connectivity index is 2.00. The first-order valence-electron chi connectivity index (χ1n) is 4.58. The maximum atomic E-state index is 10.6. The van der Waals surface area contributed by atoms with E-state index in [-0.39, 0.29) is 12.3 Å². The molecule has 7 heteroatoms. The number of hydrogen-bond donors (Lipinski definition) is 1. The lowest BCUT2D eigenvalue weighted by Crippen LogP contribution is -2.00. The minimum atomic E-state index is -1.03. The van der Waals surface area contributed by atoms with Gasteiger partial charge < -0.3 is 9.84 Å². The Bertz CT molecular complexity index is 544. The second-order valence-electron chi connectivity index (χ2n) is 3.02. The molecule has 0 aliphatic carbocycles. The number of carboxylic acid groups (broad SMARTS) is 1. The van der Waals surface area contributed by atoms with Gasteiger partial charge in [0.15, 0.2) is 5.69 Å². The third-order valence-corrected chi connectivity index (χ3v) is 3.07.